The van der Waals surface area contributed by atoms with E-state index in [2.05, 4.69) is 0 Å². The molecule has 1 fully saturated rings. The summed E-state index contributed by atoms with van der Waals surface area (Å²) < 4.78 is 124. The van der Waals surface area contributed by atoms with Gasteiger partial charge < -0.3 is 5.73 Å². The number of rotatable bonds is 8. The molecule has 0 aliphatic heterocycles. The fourth-order valence-corrected chi connectivity index (χ4v) is 8.31. The molecule has 3 rings (SSSR count). The summed E-state index contributed by atoms with van der Waals surface area (Å²) in [7, 11) is -8.66. The highest BCUT2D eigenvalue weighted by Gasteiger charge is 2.53. The average Bonchev–Trinajstić information content (AvgIpc) is 2.80. The molecule has 0 heterocycles. The molecule has 0 aromatic heterocycles. The second-order valence-corrected chi connectivity index (χ2v) is 14.0. The second kappa shape index (κ2) is 11.1. The van der Waals surface area contributed by atoms with Crippen LogP contribution in [0.1, 0.15) is 36.8 Å². The van der Waals surface area contributed by atoms with Crippen LogP contribution in [0.25, 0.3) is 0 Å². The van der Waals surface area contributed by atoms with Gasteiger partial charge in [0.1, 0.15) is 16.4 Å². The van der Waals surface area contributed by atoms with Crippen LogP contribution in [0.2, 0.25) is 0 Å². The number of nitrogens with one attached hydrogen (secondary N) is 1. The van der Waals surface area contributed by atoms with Crippen molar-refractivity contribution in [3.05, 3.63) is 65.2 Å². The maximum absolute atomic E-state index is 15.2. The molecule has 0 radical (unpaired) electrons. The lowest BCUT2D eigenvalue weighted by Crippen LogP contribution is -2.47. The van der Waals surface area contributed by atoms with E-state index < -0.39 is 83.4 Å². The first kappa shape index (κ1) is 30.3. The lowest BCUT2D eigenvalue weighted by atomic mass is 9.74. The summed E-state index contributed by atoms with van der Waals surface area (Å²) in [4.78, 5) is -0.534. The summed E-state index contributed by atoms with van der Waals surface area (Å²) >= 11 is 0.920. The van der Waals surface area contributed by atoms with E-state index in [1.807, 2.05) is 0 Å². The number of benzene rings is 2. The third-order valence-corrected chi connectivity index (χ3v) is 10.3. The van der Waals surface area contributed by atoms with Crippen LogP contribution in [0.5, 0.6) is 0 Å². The average molecular weight is 601 g/mol. The van der Waals surface area contributed by atoms with E-state index in [1.165, 1.54) is 0 Å². The first-order valence-corrected chi connectivity index (χ1v) is 15.5. The Morgan fingerprint density at radius 3 is 2.32 bits per heavy atom. The molecule has 1 aliphatic rings. The predicted octanol–water partition coefficient (Wildman–Crippen LogP) is 4.81. The monoisotopic (exact) mass is 600 g/mol. The van der Waals surface area contributed by atoms with Crippen molar-refractivity contribution in [2.24, 2.45) is 11.7 Å². The fourth-order valence-electron chi connectivity index (χ4n) is 4.76. The molecule has 0 saturated heterocycles. The van der Waals surface area contributed by atoms with Gasteiger partial charge in [-0.1, -0.05) is 11.8 Å². The van der Waals surface area contributed by atoms with Crippen molar-refractivity contribution in [3.63, 3.8) is 0 Å². The molecular formula is C23H25F5N2O5S3. The lowest BCUT2D eigenvalue weighted by Gasteiger charge is -2.44. The molecule has 38 heavy (non-hydrogen) atoms. The molecule has 0 bridgehead atoms. The Bertz CT molecular complexity index is 1400. The molecule has 3 atom stereocenters. The minimum Gasteiger partial charge on any atom is -0.379 e. The summed E-state index contributed by atoms with van der Waals surface area (Å²) in [5.74, 6) is -2.63. The van der Waals surface area contributed by atoms with Crippen molar-refractivity contribution >= 4 is 36.9 Å². The van der Waals surface area contributed by atoms with Gasteiger partial charge in [0.2, 0.25) is 0 Å². The van der Waals surface area contributed by atoms with Crippen molar-refractivity contribution in [1.29, 1.82) is 5.41 Å². The first-order valence-electron chi connectivity index (χ1n) is 11.2. The third-order valence-electron chi connectivity index (χ3n) is 6.42. The highest BCUT2D eigenvalue weighted by atomic mass is 32.2. The fraction of sp³-hybridized carbons (Fsp3) is 0.435. The lowest BCUT2D eigenvalue weighted by molar-refractivity contribution is -0.137. The van der Waals surface area contributed by atoms with Gasteiger partial charge in [-0.2, -0.15) is 21.6 Å². The van der Waals surface area contributed by atoms with E-state index in [0.29, 0.717) is 12.1 Å². The Labute approximate surface area is 221 Å². The minimum absolute atomic E-state index is 0.103. The van der Waals surface area contributed by atoms with Gasteiger partial charge in [-0.15, -0.1) is 0 Å². The Kier molecular flexibility index (Phi) is 8.85. The maximum Gasteiger partial charge on any atom is 0.416 e. The molecule has 1 saturated carbocycles. The first-order chi connectivity index (χ1) is 17.5. The van der Waals surface area contributed by atoms with E-state index in [1.54, 1.807) is 0 Å². The normalized spacial score (nSPS) is 22.8. The van der Waals surface area contributed by atoms with Crippen molar-refractivity contribution in [1.82, 2.24) is 0 Å². The molecule has 210 valence electrons. The highest BCUT2D eigenvalue weighted by Crippen LogP contribution is 2.51. The summed E-state index contributed by atoms with van der Waals surface area (Å²) in [6.45, 7) is 0. The van der Waals surface area contributed by atoms with E-state index in [-0.39, 0.29) is 23.8 Å². The highest BCUT2D eigenvalue weighted by molar-refractivity contribution is 8.13. The number of halogens is 5. The molecule has 2 aromatic rings. The van der Waals surface area contributed by atoms with Crippen molar-refractivity contribution in [3.8, 4) is 0 Å². The minimum atomic E-state index is -4.73. The van der Waals surface area contributed by atoms with Crippen LogP contribution in [-0.2, 0) is 35.1 Å². The predicted molar refractivity (Wildman–Crippen MR) is 133 cm³/mol. The number of amidine groups is 1. The molecule has 1 aliphatic carbocycles. The number of nitrogens with two attached hydrogens (primary N) is 1. The quantitative estimate of drug-likeness (QED) is 0.193. The van der Waals surface area contributed by atoms with Gasteiger partial charge >= 0.3 is 6.18 Å². The molecular weight excluding hydrogens is 575 g/mol. The Hall–Kier alpha value is -2.23. The van der Waals surface area contributed by atoms with Crippen LogP contribution >= 0.6 is 11.8 Å². The summed E-state index contributed by atoms with van der Waals surface area (Å²) in [6, 6.07) is 4.98. The zero-order valence-corrected chi connectivity index (χ0v) is 22.4. The van der Waals surface area contributed by atoms with Crippen LogP contribution in [0.15, 0.2) is 47.4 Å². The van der Waals surface area contributed by atoms with Crippen molar-refractivity contribution < 1.29 is 43.0 Å². The van der Waals surface area contributed by atoms with Gasteiger partial charge in [0, 0.05) is 11.3 Å². The van der Waals surface area contributed by atoms with Crippen LogP contribution < -0.4 is 5.73 Å². The molecule has 0 amide bonds. The van der Waals surface area contributed by atoms with Gasteiger partial charge in [0.05, 0.1) is 22.8 Å². The Morgan fingerprint density at radius 1 is 1.13 bits per heavy atom. The number of alkyl halides is 3. The van der Waals surface area contributed by atoms with E-state index in [4.69, 9.17) is 15.3 Å². The third kappa shape index (κ3) is 6.66. The topological polar surface area (TPSA) is 127 Å². The molecule has 7 nitrogen and oxygen atoms in total. The van der Waals surface area contributed by atoms with Crippen LogP contribution in [0.4, 0.5) is 22.0 Å². The number of hydrogen-bond acceptors (Lipinski definition) is 7. The van der Waals surface area contributed by atoms with Gasteiger partial charge in [0.25, 0.3) is 10.1 Å². The summed E-state index contributed by atoms with van der Waals surface area (Å²) in [5.41, 5.74) is 3.76. The van der Waals surface area contributed by atoms with E-state index in [0.717, 1.165) is 48.3 Å². The zero-order chi connectivity index (χ0) is 28.5. The molecule has 0 spiro atoms. The maximum atomic E-state index is 15.2. The Balaban J connectivity index is 2.17. The number of sulfone groups is 1. The van der Waals surface area contributed by atoms with Gasteiger partial charge in [-0.25, -0.2) is 17.2 Å². The molecule has 2 aromatic carbocycles. The van der Waals surface area contributed by atoms with Crippen LogP contribution in [0.3, 0.4) is 0 Å². The van der Waals surface area contributed by atoms with Crippen LogP contribution in [-0.4, -0.2) is 40.1 Å². The number of thioether (sulfide) groups is 1. The van der Waals surface area contributed by atoms with Gasteiger partial charge in [-0.3, -0.25) is 9.59 Å². The van der Waals surface area contributed by atoms with Crippen LogP contribution in [0, 0.1) is 23.0 Å². The summed E-state index contributed by atoms with van der Waals surface area (Å²) in [6.07, 6.45) is -5.83. The van der Waals surface area contributed by atoms with E-state index >= 15 is 4.39 Å². The van der Waals surface area contributed by atoms with E-state index in [9.17, 15) is 34.4 Å². The molecule has 3 N–H and O–H groups in total. The SMILES string of the molecule is CS(=O)(=O)O[C@H]1CC[C@](c2cc(F)ccc2F)(S(=O)(=O)c2ccc(C(F)(F)F)cc2)C[C@@H]1CCSC(=N)N. The number of hydrogen-bond donors (Lipinski definition) is 2. The zero-order valence-electron chi connectivity index (χ0n) is 20.0. The second-order valence-electron chi connectivity index (χ2n) is 8.99. The Morgan fingerprint density at radius 2 is 1.76 bits per heavy atom. The molecule has 15 heteroatoms. The van der Waals surface area contributed by atoms with Gasteiger partial charge in [0.15, 0.2) is 15.0 Å². The van der Waals surface area contributed by atoms with Gasteiger partial charge in [-0.05, 0) is 74.1 Å². The standard InChI is InChI=1S/C23H25F5N2O5S3/c1-37(31,32)35-20-8-10-22(13-14(20)9-11-36-21(29)30,18-12-16(24)4-7-19(18)25)38(33,34)17-5-2-15(3-6-17)23(26,27)28/h2-7,12,14,20H,8-11,13H2,1H3,(H3,29,30)/t14-,20-,22-/m0/s1. The van der Waals surface area contributed by atoms with Crippen molar-refractivity contribution in [2.45, 2.75) is 47.6 Å². The smallest absolute Gasteiger partial charge is 0.379 e. The molecule has 0 unspecified atom stereocenters. The largest absolute Gasteiger partial charge is 0.416 e. The summed E-state index contributed by atoms with van der Waals surface area (Å²) in [5, 5.41) is 7.15. The van der Waals surface area contributed by atoms with Crippen molar-refractivity contribution in [2.75, 3.05) is 12.0 Å².